The molecule has 1 aromatic carbocycles. The monoisotopic (exact) mass is 410 g/mol. The number of carbonyl (C=O) groups is 1. The zero-order valence-corrected chi connectivity index (χ0v) is 17.0. The van der Waals surface area contributed by atoms with E-state index in [1.165, 1.54) is 11.1 Å². The molecule has 29 heavy (non-hydrogen) atoms. The summed E-state index contributed by atoms with van der Waals surface area (Å²) in [5.74, 6) is -0.174. The van der Waals surface area contributed by atoms with Crippen LogP contribution >= 0.6 is 11.6 Å². The molecule has 2 atom stereocenters. The van der Waals surface area contributed by atoms with E-state index < -0.39 is 6.10 Å². The van der Waals surface area contributed by atoms with Crippen LogP contribution in [-0.2, 0) is 13.0 Å². The van der Waals surface area contributed by atoms with Gasteiger partial charge in [0.1, 0.15) is 5.69 Å². The Kier molecular flexibility index (Phi) is 4.38. The van der Waals surface area contributed by atoms with Crippen LogP contribution in [0.3, 0.4) is 0 Å². The van der Waals surface area contributed by atoms with Gasteiger partial charge in [-0.05, 0) is 42.5 Å². The van der Waals surface area contributed by atoms with Crippen molar-refractivity contribution in [3.63, 3.8) is 0 Å². The van der Waals surface area contributed by atoms with E-state index >= 15 is 0 Å². The van der Waals surface area contributed by atoms with Gasteiger partial charge in [0.15, 0.2) is 5.65 Å². The molecule has 2 aliphatic rings. The number of β-amino-alcohol motifs (C(OH)–C–C–N with tert-alkyl or cyclic N) is 1. The number of piperidine rings is 1. The van der Waals surface area contributed by atoms with Crippen molar-refractivity contribution in [1.29, 1.82) is 0 Å². The molecule has 3 aromatic rings. The highest BCUT2D eigenvalue weighted by molar-refractivity contribution is 6.33. The lowest BCUT2D eigenvalue weighted by molar-refractivity contribution is -0.0140. The Bertz CT molecular complexity index is 1110. The predicted molar refractivity (Wildman–Crippen MR) is 111 cm³/mol. The van der Waals surface area contributed by atoms with Gasteiger partial charge in [-0.3, -0.25) is 4.79 Å². The number of hydrogen-bond acceptors (Lipinski definition) is 4. The first-order chi connectivity index (χ1) is 13.9. The number of aliphatic hydroxyl groups is 1. The molecule has 7 heteroatoms. The summed E-state index contributed by atoms with van der Waals surface area (Å²) in [7, 11) is 0. The summed E-state index contributed by atoms with van der Waals surface area (Å²) >= 11 is 6.27. The number of fused-ring (bicyclic) bond motifs is 2. The first-order valence-corrected chi connectivity index (χ1v) is 10.3. The Morgan fingerprint density at radius 1 is 1.31 bits per heavy atom. The van der Waals surface area contributed by atoms with Gasteiger partial charge in [0.2, 0.25) is 0 Å². The van der Waals surface area contributed by atoms with Crippen LogP contribution in [0.15, 0.2) is 42.7 Å². The molecule has 0 unspecified atom stereocenters. The second-order valence-corrected chi connectivity index (χ2v) is 8.60. The fraction of sp³-hybridized carbons (Fsp3) is 0.364. The average Bonchev–Trinajstić information content (AvgIpc) is 3.14. The Labute approximate surface area is 174 Å². The SMILES string of the molecule is Cc1cc(Cl)c2nc(C(=O)N3CC[C@]4(Cc5ccccc5CN4)[C@H](O)C3)cn2c1. The number of pyridine rings is 1. The van der Waals surface area contributed by atoms with Gasteiger partial charge in [0, 0.05) is 32.0 Å². The van der Waals surface area contributed by atoms with Crippen molar-refractivity contribution in [3.8, 4) is 0 Å². The van der Waals surface area contributed by atoms with Crippen LogP contribution < -0.4 is 5.32 Å². The lowest BCUT2D eigenvalue weighted by Gasteiger charge is -2.48. The van der Waals surface area contributed by atoms with E-state index in [-0.39, 0.29) is 18.0 Å². The third kappa shape index (κ3) is 3.12. The van der Waals surface area contributed by atoms with E-state index in [4.69, 9.17) is 11.6 Å². The maximum atomic E-state index is 13.1. The molecule has 1 amide bonds. The third-order valence-electron chi connectivity index (χ3n) is 6.26. The molecule has 4 heterocycles. The van der Waals surface area contributed by atoms with Gasteiger partial charge in [0.05, 0.1) is 16.7 Å². The van der Waals surface area contributed by atoms with Crippen molar-refractivity contribution in [1.82, 2.24) is 19.6 Å². The number of benzene rings is 1. The summed E-state index contributed by atoms with van der Waals surface area (Å²) in [6.07, 6.45) is 4.44. The number of nitrogens with zero attached hydrogens (tertiary/aromatic N) is 3. The molecule has 0 bridgehead atoms. The largest absolute Gasteiger partial charge is 0.389 e. The Hall–Kier alpha value is -2.41. The van der Waals surface area contributed by atoms with Crippen LogP contribution in [0.25, 0.3) is 5.65 Å². The molecule has 2 aliphatic heterocycles. The van der Waals surface area contributed by atoms with Gasteiger partial charge in [-0.15, -0.1) is 0 Å². The standard InChI is InChI=1S/C22H23ClN4O2/c1-14-8-17(23)20-25-18(12-27(20)11-14)21(29)26-7-6-22(19(28)13-26)9-15-4-2-3-5-16(15)10-24-22/h2-5,8,11-12,19,24,28H,6-7,9-10,13H2,1H3/t19-,22+/m1/s1. The number of likely N-dealkylation sites (tertiary alicyclic amines) is 1. The minimum absolute atomic E-state index is 0.174. The highest BCUT2D eigenvalue weighted by Crippen LogP contribution is 2.32. The number of aliphatic hydroxyl groups excluding tert-OH is 1. The summed E-state index contributed by atoms with van der Waals surface area (Å²) in [6, 6.07) is 10.2. The summed E-state index contributed by atoms with van der Waals surface area (Å²) in [5.41, 5.74) is 4.08. The second kappa shape index (κ2) is 6.83. The maximum absolute atomic E-state index is 13.1. The number of carbonyl (C=O) groups excluding carboxylic acids is 1. The first-order valence-electron chi connectivity index (χ1n) is 9.89. The van der Waals surface area contributed by atoms with E-state index in [9.17, 15) is 9.90 Å². The van der Waals surface area contributed by atoms with Crippen molar-refractivity contribution in [2.24, 2.45) is 0 Å². The number of aromatic nitrogens is 2. The number of imidazole rings is 1. The molecule has 1 fully saturated rings. The number of rotatable bonds is 1. The number of hydrogen-bond donors (Lipinski definition) is 2. The Balaban J connectivity index is 1.36. The molecule has 5 rings (SSSR count). The number of amides is 1. The van der Waals surface area contributed by atoms with Crippen molar-refractivity contribution in [2.45, 2.75) is 38.0 Å². The zero-order valence-electron chi connectivity index (χ0n) is 16.2. The summed E-state index contributed by atoms with van der Waals surface area (Å²) in [6.45, 7) is 3.55. The number of nitrogens with one attached hydrogen (secondary N) is 1. The lowest BCUT2D eigenvalue weighted by atomic mass is 9.76. The normalized spacial score (nSPS) is 24.1. The Morgan fingerprint density at radius 2 is 2.10 bits per heavy atom. The highest BCUT2D eigenvalue weighted by atomic mass is 35.5. The molecule has 0 radical (unpaired) electrons. The van der Waals surface area contributed by atoms with Gasteiger partial charge in [-0.1, -0.05) is 35.9 Å². The molecule has 0 aliphatic carbocycles. The van der Waals surface area contributed by atoms with E-state index in [0.29, 0.717) is 29.3 Å². The van der Waals surface area contributed by atoms with Crippen LogP contribution in [0.1, 0.15) is 33.6 Å². The van der Waals surface area contributed by atoms with Crippen molar-refractivity contribution < 1.29 is 9.90 Å². The molecule has 150 valence electrons. The number of aryl methyl sites for hydroxylation is 1. The van der Waals surface area contributed by atoms with E-state index in [0.717, 1.165) is 18.5 Å². The highest BCUT2D eigenvalue weighted by Gasteiger charge is 2.45. The average molecular weight is 411 g/mol. The van der Waals surface area contributed by atoms with Crippen LogP contribution in [0.5, 0.6) is 0 Å². The van der Waals surface area contributed by atoms with E-state index in [1.807, 2.05) is 31.3 Å². The zero-order chi connectivity index (χ0) is 20.2. The van der Waals surface area contributed by atoms with Crippen LogP contribution in [0.2, 0.25) is 5.02 Å². The fourth-order valence-corrected chi connectivity index (χ4v) is 4.92. The fourth-order valence-electron chi connectivity index (χ4n) is 4.60. The smallest absolute Gasteiger partial charge is 0.274 e. The van der Waals surface area contributed by atoms with Crippen LogP contribution in [0, 0.1) is 6.92 Å². The minimum atomic E-state index is -0.642. The Morgan fingerprint density at radius 3 is 2.90 bits per heavy atom. The second-order valence-electron chi connectivity index (χ2n) is 8.19. The van der Waals surface area contributed by atoms with Gasteiger partial charge in [-0.2, -0.15) is 0 Å². The van der Waals surface area contributed by atoms with E-state index in [1.54, 1.807) is 15.5 Å². The molecule has 0 saturated carbocycles. The van der Waals surface area contributed by atoms with Gasteiger partial charge < -0.3 is 19.7 Å². The van der Waals surface area contributed by atoms with Crippen molar-refractivity contribution >= 4 is 23.2 Å². The van der Waals surface area contributed by atoms with Crippen molar-refractivity contribution in [3.05, 3.63) is 70.1 Å². The van der Waals surface area contributed by atoms with Crippen LogP contribution in [-0.4, -0.2) is 50.0 Å². The van der Waals surface area contributed by atoms with E-state index in [2.05, 4.69) is 22.4 Å². The summed E-state index contributed by atoms with van der Waals surface area (Å²) < 4.78 is 1.78. The molecular formula is C22H23ClN4O2. The third-order valence-corrected chi connectivity index (χ3v) is 6.54. The van der Waals surface area contributed by atoms with Crippen molar-refractivity contribution in [2.75, 3.05) is 13.1 Å². The van der Waals surface area contributed by atoms with Gasteiger partial charge >= 0.3 is 0 Å². The summed E-state index contributed by atoms with van der Waals surface area (Å²) in [5, 5.41) is 15.1. The quantitative estimate of drug-likeness (QED) is 0.647. The predicted octanol–water partition coefficient (Wildman–Crippen LogP) is 2.59. The molecule has 2 aromatic heterocycles. The molecule has 2 N–H and O–H groups in total. The summed E-state index contributed by atoms with van der Waals surface area (Å²) in [4.78, 5) is 19.2. The molecule has 6 nitrogen and oxygen atoms in total. The number of halogens is 1. The topological polar surface area (TPSA) is 69.9 Å². The minimum Gasteiger partial charge on any atom is -0.389 e. The lowest BCUT2D eigenvalue weighted by Crippen LogP contribution is -2.65. The van der Waals surface area contributed by atoms with Crippen LogP contribution in [0.4, 0.5) is 0 Å². The molecular weight excluding hydrogens is 388 g/mol. The van der Waals surface area contributed by atoms with Gasteiger partial charge in [-0.25, -0.2) is 4.98 Å². The molecule has 1 spiro atoms. The maximum Gasteiger partial charge on any atom is 0.274 e. The van der Waals surface area contributed by atoms with Gasteiger partial charge in [0.25, 0.3) is 5.91 Å². The molecule has 1 saturated heterocycles. The first kappa shape index (κ1) is 18.6.